The Labute approximate surface area is 256 Å². The van der Waals surface area contributed by atoms with Crippen LogP contribution in [0.2, 0.25) is 0 Å². The molecule has 3 unspecified atom stereocenters. The number of nitriles is 1. The van der Waals surface area contributed by atoms with E-state index in [4.69, 9.17) is 14.9 Å². The lowest BCUT2D eigenvalue weighted by Crippen LogP contribution is -2.76. The van der Waals surface area contributed by atoms with Crippen LogP contribution in [-0.2, 0) is 23.9 Å². The van der Waals surface area contributed by atoms with Gasteiger partial charge in [0.1, 0.15) is 29.6 Å². The summed E-state index contributed by atoms with van der Waals surface area (Å²) in [6.45, 7) is 3.76. The quantitative estimate of drug-likeness (QED) is 0.247. The van der Waals surface area contributed by atoms with Crippen molar-refractivity contribution in [2.75, 3.05) is 19.5 Å². The van der Waals surface area contributed by atoms with Gasteiger partial charge in [-0.05, 0) is 68.6 Å². The maximum atomic E-state index is 14.4. The summed E-state index contributed by atoms with van der Waals surface area (Å²) in [7, 11) is 1.39. The molecule has 0 spiro atoms. The van der Waals surface area contributed by atoms with E-state index in [-0.39, 0.29) is 53.3 Å². The molecular formula is C33H39FN3O5S+. The lowest BCUT2D eigenvalue weighted by Gasteiger charge is -2.63. The number of nitrogens with zero attached hydrogens (tertiary/aromatic N) is 1. The van der Waals surface area contributed by atoms with Crippen LogP contribution in [0, 0.1) is 51.1 Å². The first-order valence-corrected chi connectivity index (χ1v) is 15.8. The molecule has 4 aliphatic rings. The van der Waals surface area contributed by atoms with Gasteiger partial charge in [-0.2, -0.15) is 5.26 Å². The van der Waals surface area contributed by atoms with Crippen molar-refractivity contribution in [2.45, 2.75) is 64.4 Å². The van der Waals surface area contributed by atoms with E-state index < -0.39 is 22.4 Å². The number of carbonyl (C=O) groups is 3. The minimum Gasteiger partial charge on any atom is -0.448 e. The highest BCUT2D eigenvalue weighted by atomic mass is 32.2. The van der Waals surface area contributed by atoms with Gasteiger partial charge in [0.05, 0.1) is 11.8 Å². The first-order valence-electron chi connectivity index (χ1n) is 14.9. The third kappa shape index (κ3) is 5.30. The molecule has 3 fully saturated rings. The van der Waals surface area contributed by atoms with Crippen LogP contribution in [0.3, 0.4) is 0 Å². The van der Waals surface area contributed by atoms with Crippen LogP contribution in [0.4, 0.5) is 10.1 Å². The zero-order chi connectivity index (χ0) is 31.0. The fraction of sp³-hybridized carbons (Fsp3) is 0.545. The molecular weight excluding hydrogens is 569 g/mol. The highest BCUT2D eigenvalue weighted by Crippen LogP contribution is 2.66. The Morgan fingerprint density at radius 3 is 2.65 bits per heavy atom. The average molecular weight is 609 g/mol. The van der Waals surface area contributed by atoms with Gasteiger partial charge in [0.25, 0.3) is 0 Å². The van der Waals surface area contributed by atoms with Gasteiger partial charge < -0.3 is 14.9 Å². The molecule has 1 aromatic rings. The van der Waals surface area contributed by atoms with E-state index in [0.717, 1.165) is 48.0 Å². The zero-order valence-corrected chi connectivity index (χ0v) is 25.7. The van der Waals surface area contributed by atoms with Crippen LogP contribution in [0.25, 0.3) is 0 Å². The third-order valence-corrected chi connectivity index (χ3v) is 11.4. The first-order chi connectivity index (χ1) is 20.5. The second-order valence-electron chi connectivity index (χ2n) is 12.8. The van der Waals surface area contributed by atoms with Crippen molar-refractivity contribution in [1.29, 1.82) is 10.7 Å². The van der Waals surface area contributed by atoms with Gasteiger partial charge in [-0.15, -0.1) is 0 Å². The van der Waals surface area contributed by atoms with Gasteiger partial charge in [-0.25, -0.2) is 9.18 Å². The molecule has 0 saturated heterocycles. The summed E-state index contributed by atoms with van der Waals surface area (Å²) in [4.78, 5) is 41.1. The van der Waals surface area contributed by atoms with Crippen molar-refractivity contribution in [3.05, 3.63) is 53.0 Å². The summed E-state index contributed by atoms with van der Waals surface area (Å²) in [5.74, 6) is -1.31. The third-order valence-electron chi connectivity index (χ3n) is 10.6. The number of nitrogens with two attached hydrogens (primary N) is 1. The Morgan fingerprint density at radius 1 is 1.23 bits per heavy atom. The lowest BCUT2D eigenvalue weighted by molar-refractivity contribution is -0.513. The van der Waals surface area contributed by atoms with Crippen LogP contribution < -0.4 is 5.32 Å². The first kappa shape index (κ1) is 31.3. The van der Waals surface area contributed by atoms with Crippen LogP contribution in [0.1, 0.15) is 58.8 Å². The predicted octanol–water partition coefficient (Wildman–Crippen LogP) is 4.78. The number of hydrogen-bond donors (Lipinski definition) is 2. The van der Waals surface area contributed by atoms with Crippen molar-refractivity contribution in [3.8, 4) is 6.07 Å². The fourth-order valence-electron chi connectivity index (χ4n) is 8.73. The summed E-state index contributed by atoms with van der Waals surface area (Å²) in [5.41, 5.74) is 0.832. The van der Waals surface area contributed by atoms with E-state index in [1.54, 1.807) is 12.1 Å². The number of thioether (sulfide) groups is 1. The maximum absolute atomic E-state index is 14.4. The topological polar surface area (TPSA) is 134 Å². The summed E-state index contributed by atoms with van der Waals surface area (Å²) < 4.78 is 24.6. The molecule has 228 valence electrons. The predicted molar refractivity (Wildman–Crippen MR) is 160 cm³/mol. The lowest BCUT2D eigenvalue weighted by atomic mass is 9.42. The van der Waals surface area contributed by atoms with E-state index in [9.17, 15) is 24.0 Å². The maximum Gasteiger partial charge on any atom is 0.333 e. The second-order valence-corrected chi connectivity index (χ2v) is 13.7. The fourth-order valence-corrected chi connectivity index (χ4v) is 9.53. The molecule has 0 radical (unpaired) electrons. The second kappa shape index (κ2) is 12.1. The summed E-state index contributed by atoms with van der Waals surface area (Å²) >= 11 is 0.855. The Morgan fingerprint density at radius 2 is 1.98 bits per heavy atom. The molecule has 3 saturated carbocycles. The van der Waals surface area contributed by atoms with Gasteiger partial charge in [-0.3, -0.25) is 14.9 Å². The molecule has 0 aromatic heterocycles. The number of benzene rings is 1. The Balaban J connectivity index is 1.50. The minimum absolute atomic E-state index is 0.0161. The SMILES string of the molecule is COCC(=O)O[C@]1(C(=O)SCC#N)CCCC2C3CCC4=CC([NH2+]c5ccc(F)cc5)=C(C=N)C[C@]4(C)C3C(=O)C[C@@]21C. The number of ether oxygens (including phenoxy) is 2. The standard InChI is InChI=1S/C33H38FN3O5S/c1-31-16-20(18-36)26(37-23-9-7-22(34)8-10-23)15-21(31)6-11-24-25-5-4-12-33(30(40)43-14-13-35,42-28(39)19-41-3)32(25,2)17-27(38)29(24)31/h7-10,15,18,24-25,29,36-37H,4-6,11-12,14,16-17,19H2,1-3H3/p+1/t24?,25?,29?,31-,32-,33-/m0/s1. The van der Waals surface area contributed by atoms with Crippen LogP contribution in [0.5, 0.6) is 0 Å². The Kier molecular flexibility index (Phi) is 8.81. The number of nitrogens with one attached hydrogen (secondary N) is 1. The van der Waals surface area contributed by atoms with E-state index in [0.29, 0.717) is 19.3 Å². The number of Topliss-reactive ketones (excluding diaryl/α,β-unsaturated/α-hetero) is 1. The molecule has 8 nitrogen and oxygen atoms in total. The molecule has 10 heteroatoms. The van der Waals surface area contributed by atoms with Crippen LogP contribution in [-0.4, -0.2) is 48.2 Å². The van der Waals surface area contributed by atoms with Gasteiger partial charge >= 0.3 is 5.97 Å². The Bertz CT molecular complexity index is 1430. The monoisotopic (exact) mass is 608 g/mol. The van der Waals surface area contributed by atoms with Crippen LogP contribution >= 0.6 is 11.8 Å². The van der Waals surface area contributed by atoms with Crippen molar-refractivity contribution in [3.63, 3.8) is 0 Å². The van der Waals surface area contributed by atoms with Crippen molar-refractivity contribution in [1.82, 2.24) is 0 Å². The number of halogens is 1. The average Bonchev–Trinajstić information content (AvgIpc) is 2.97. The number of hydrogen-bond acceptors (Lipinski definition) is 8. The smallest absolute Gasteiger partial charge is 0.333 e. The number of quaternary nitrogens is 1. The molecule has 3 N–H and O–H groups in total. The van der Waals surface area contributed by atoms with Crippen molar-refractivity contribution < 1.29 is 33.6 Å². The largest absolute Gasteiger partial charge is 0.448 e. The number of rotatable bonds is 8. The van der Waals surface area contributed by atoms with Gasteiger partial charge in [-0.1, -0.05) is 31.2 Å². The summed E-state index contributed by atoms with van der Waals surface area (Å²) in [6, 6.07) is 8.26. The van der Waals surface area contributed by atoms with E-state index in [1.165, 1.54) is 31.0 Å². The number of fused-ring (bicyclic) bond motifs is 5. The van der Waals surface area contributed by atoms with Gasteiger partial charge in [0.15, 0.2) is 5.60 Å². The number of esters is 1. The van der Waals surface area contributed by atoms with Crippen LogP contribution in [0.15, 0.2) is 47.2 Å². The molecule has 0 heterocycles. The molecule has 1 aromatic carbocycles. The minimum atomic E-state index is -1.52. The van der Waals surface area contributed by atoms with E-state index in [1.807, 2.05) is 18.3 Å². The highest BCUT2D eigenvalue weighted by molar-refractivity contribution is 8.14. The molecule has 0 aliphatic heterocycles. The highest BCUT2D eigenvalue weighted by Gasteiger charge is 2.69. The number of carbonyl (C=O) groups excluding carboxylic acids is 3. The van der Waals surface area contributed by atoms with Gasteiger partial charge in [0.2, 0.25) is 5.12 Å². The molecule has 0 amide bonds. The molecule has 5 rings (SSSR count). The summed E-state index contributed by atoms with van der Waals surface area (Å²) in [5, 5.41) is 19.0. The van der Waals surface area contributed by atoms with Crippen molar-refractivity contribution in [2.24, 2.45) is 28.6 Å². The molecule has 4 aliphatic carbocycles. The molecule has 6 atom stereocenters. The molecule has 0 bridgehead atoms. The van der Waals surface area contributed by atoms with Gasteiger partial charge in [0, 0.05) is 54.2 Å². The normalized spacial score (nSPS) is 33.3. The van der Waals surface area contributed by atoms with E-state index in [2.05, 4.69) is 13.0 Å². The van der Waals surface area contributed by atoms with E-state index >= 15 is 0 Å². The number of ketones is 1. The summed E-state index contributed by atoms with van der Waals surface area (Å²) in [6.07, 6.45) is 7.44. The van der Waals surface area contributed by atoms with Crippen molar-refractivity contribution >= 4 is 40.5 Å². The number of allylic oxidation sites excluding steroid dienone is 3. The molecule has 43 heavy (non-hydrogen) atoms. The Hall–Kier alpha value is -3.13. The number of methoxy groups -OCH3 is 1. The zero-order valence-electron chi connectivity index (χ0n) is 24.9.